The number of rotatable bonds is 6. The lowest BCUT2D eigenvalue weighted by atomic mass is 9.98. The summed E-state index contributed by atoms with van der Waals surface area (Å²) < 4.78 is 5.32. The van der Waals surface area contributed by atoms with E-state index in [4.69, 9.17) is 9.72 Å². The summed E-state index contributed by atoms with van der Waals surface area (Å²) in [6.45, 7) is 10.1. The number of nitrogens with one attached hydrogen (secondary N) is 1. The number of piperidine rings is 1. The maximum Gasteiger partial charge on any atom is 0.137 e. The van der Waals surface area contributed by atoms with E-state index in [-0.39, 0.29) is 0 Å². The molecular formula is C16H28N4O. The molecule has 1 saturated heterocycles. The average molecular weight is 292 g/mol. The minimum Gasteiger partial charge on any atom is -0.384 e. The van der Waals surface area contributed by atoms with Crippen molar-refractivity contribution in [2.75, 3.05) is 43.6 Å². The van der Waals surface area contributed by atoms with Gasteiger partial charge in [-0.05, 0) is 39.0 Å². The molecule has 1 aliphatic rings. The molecule has 1 unspecified atom stereocenters. The molecule has 1 fully saturated rings. The van der Waals surface area contributed by atoms with Crippen LogP contribution in [0.2, 0.25) is 0 Å². The van der Waals surface area contributed by atoms with Crippen LogP contribution in [0.3, 0.4) is 0 Å². The molecule has 118 valence electrons. The van der Waals surface area contributed by atoms with E-state index >= 15 is 0 Å². The van der Waals surface area contributed by atoms with Gasteiger partial charge in [0.2, 0.25) is 0 Å². The van der Waals surface area contributed by atoms with Crippen molar-refractivity contribution in [1.29, 1.82) is 0 Å². The molecule has 0 bridgehead atoms. The molecule has 1 N–H and O–H groups in total. The van der Waals surface area contributed by atoms with Crippen LogP contribution in [0.5, 0.6) is 0 Å². The molecule has 2 heterocycles. The zero-order valence-electron chi connectivity index (χ0n) is 13.8. The molecule has 0 spiro atoms. The highest BCUT2D eigenvalue weighted by Crippen LogP contribution is 2.28. The minimum absolute atomic E-state index is 0.602. The smallest absolute Gasteiger partial charge is 0.137 e. The second-order valence-corrected chi connectivity index (χ2v) is 5.90. The summed E-state index contributed by atoms with van der Waals surface area (Å²) in [5.41, 5.74) is 1.16. The molecule has 1 atom stereocenters. The van der Waals surface area contributed by atoms with E-state index in [1.165, 1.54) is 12.8 Å². The van der Waals surface area contributed by atoms with E-state index in [0.717, 1.165) is 55.7 Å². The molecule has 0 radical (unpaired) electrons. The summed E-state index contributed by atoms with van der Waals surface area (Å²) in [5.74, 6) is 3.50. The number of hydrogen-bond donors (Lipinski definition) is 1. The lowest BCUT2D eigenvalue weighted by Gasteiger charge is -2.34. The number of nitrogens with zero attached hydrogens (tertiary/aromatic N) is 3. The van der Waals surface area contributed by atoms with Gasteiger partial charge in [-0.15, -0.1) is 0 Å². The minimum atomic E-state index is 0.602. The van der Waals surface area contributed by atoms with Gasteiger partial charge in [-0.2, -0.15) is 0 Å². The third-order valence-electron chi connectivity index (χ3n) is 4.00. The Morgan fingerprint density at radius 3 is 2.86 bits per heavy atom. The monoisotopic (exact) mass is 292 g/mol. The summed E-state index contributed by atoms with van der Waals surface area (Å²) in [6.07, 6.45) is 3.54. The van der Waals surface area contributed by atoms with Crippen LogP contribution in [0.25, 0.3) is 0 Å². The summed E-state index contributed by atoms with van der Waals surface area (Å²) in [4.78, 5) is 11.6. The molecule has 2 rings (SSSR count). The SMILES string of the molecule is CCCNc1nc(C)nc(N2CCCC(COC)C2)c1C. The Morgan fingerprint density at radius 1 is 1.33 bits per heavy atom. The number of methoxy groups -OCH3 is 1. The third kappa shape index (κ3) is 4.06. The summed E-state index contributed by atoms with van der Waals surface area (Å²) >= 11 is 0. The first-order valence-electron chi connectivity index (χ1n) is 7.98. The van der Waals surface area contributed by atoms with Crippen molar-refractivity contribution in [3.63, 3.8) is 0 Å². The van der Waals surface area contributed by atoms with E-state index in [2.05, 4.69) is 29.0 Å². The Hall–Kier alpha value is -1.36. The molecule has 0 aliphatic carbocycles. The highest BCUT2D eigenvalue weighted by molar-refractivity contribution is 5.58. The molecule has 5 nitrogen and oxygen atoms in total. The van der Waals surface area contributed by atoms with Gasteiger partial charge >= 0.3 is 0 Å². The lowest BCUT2D eigenvalue weighted by Crippen LogP contribution is -2.38. The largest absolute Gasteiger partial charge is 0.384 e. The quantitative estimate of drug-likeness (QED) is 0.873. The maximum atomic E-state index is 5.32. The fourth-order valence-electron chi connectivity index (χ4n) is 2.97. The fraction of sp³-hybridized carbons (Fsp3) is 0.750. The standard InChI is InChI=1S/C16H28N4O/c1-5-8-17-15-12(2)16(19-13(3)18-15)20-9-6-7-14(10-20)11-21-4/h14H,5-11H2,1-4H3,(H,17,18,19). The van der Waals surface area contributed by atoms with Gasteiger partial charge in [0.15, 0.2) is 0 Å². The zero-order valence-corrected chi connectivity index (χ0v) is 13.8. The van der Waals surface area contributed by atoms with E-state index in [1.807, 2.05) is 6.92 Å². The average Bonchev–Trinajstić information content (AvgIpc) is 2.48. The van der Waals surface area contributed by atoms with Crippen LogP contribution in [0.1, 0.15) is 37.6 Å². The molecular weight excluding hydrogens is 264 g/mol. The highest BCUT2D eigenvalue weighted by atomic mass is 16.5. The van der Waals surface area contributed by atoms with Gasteiger partial charge in [-0.25, -0.2) is 9.97 Å². The Morgan fingerprint density at radius 2 is 2.14 bits per heavy atom. The molecule has 21 heavy (non-hydrogen) atoms. The molecule has 0 saturated carbocycles. The van der Waals surface area contributed by atoms with Crippen molar-refractivity contribution >= 4 is 11.6 Å². The number of anilines is 2. The molecule has 5 heteroatoms. The van der Waals surface area contributed by atoms with Gasteiger partial charge in [0, 0.05) is 32.3 Å². The van der Waals surface area contributed by atoms with Gasteiger partial charge in [-0.1, -0.05) is 6.92 Å². The van der Waals surface area contributed by atoms with Gasteiger partial charge in [0.25, 0.3) is 0 Å². The predicted octanol–water partition coefficient (Wildman–Crippen LogP) is 2.78. The van der Waals surface area contributed by atoms with Crippen molar-refractivity contribution in [2.24, 2.45) is 5.92 Å². The topological polar surface area (TPSA) is 50.3 Å². The third-order valence-corrected chi connectivity index (χ3v) is 4.00. The first-order chi connectivity index (χ1) is 10.2. The Labute approximate surface area is 128 Å². The Bertz CT molecular complexity index is 462. The van der Waals surface area contributed by atoms with Gasteiger partial charge in [-0.3, -0.25) is 0 Å². The first kappa shape index (κ1) is 16.0. The van der Waals surface area contributed by atoms with Crippen LogP contribution in [0.15, 0.2) is 0 Å². The van der Waals surface area contributed by atoms with E-state index in [9.17, 15) is 0 Å². The number of ether oxygens (including phenoxy) is 1. The first-order valence-corrected chi connectivity index (χ1v) is 7.98. The Balaban J connectivity index is 2.19. The van der Waals surface area contributed by atoms with Crippen LogP contribution < -0.4 is 10.2 Å². The summed E-state index contributed by atoms with van der Waals surface area (Å²) in [7, 11) is 1.78. The van der Waals surface area contributed by atoms with Gasteiger partial charge in [0.05, 0.1) is 6.61 Å². The Kier molecular flexibility index (Phi) is 5.79. The van der Waals surface area contributed by atoms with Crippen molar-refractivity contribution in [3.8, 4) is 0 Å². The second kappa shape index (κ2) is 7.59. The predicted molar refractivity (Wildman–Crippen MR) is 87.1 cm³/mol. The van der Waals surface area contributed by atoms with Crippen LogP contribution in [-0.2, 0) is 4.74 Å². The van der Waals surface area contributed by atoms with Crippen LogP contribution in [0.4, 0.5) is 11.6 Å². The number of hydrogen-bond acceptors (Lipinski definition) is 5. The molecule has 1 aromatic rings. The number of aryl methyl sites for hydroxylation is 1. The van der Waals surface area contributed by atoms with Crippen LogP contribution in [-0.4, -0.2) is 43.3 Å². The molecule has 0 aromatic carbocycles. The van der Waals surface area contributed by atoms with Crippen molar-refractivity contribution in [2.45, 2.75) is 40.0 Å². The molecule has 1 aliphatic heterocycles. The van der Waals surface area contributed by atoms with Crippen molar-refractivity contribution < 1.29 is 4.74 Å². The number of aromatic nitrogens is 2. The van der Waals surface area contributed by atoms with Crippen molar-refractivity contribution in [1.82, 2.24) is 9.97 Å². The maximum absolute atomic E-state index is 5.32. The van der Waals surface area contributed by atoms with Crippen molar-refractivity contribution in [3.05, 3.63) is 11.4 Å². The van der Waals surface area contributed by atoms with Gasteiger partial charge < -0.3 is 15.0 Å². The molecule has 0 amide bonds. The molecule has 1 aromatic heterocycles. The highest BCUT2D eigenvalue weighted by Gasteiger charge is 2.23. The van der Waals surface area contributed by atoms with Gasteiger partial charge in [0.1, 0.15) is 17.5 Å². The zero-order chi connectivity index (χ0) is 15.2. The van der Waals surface area contributed by atoms with Crippen LogP contribution in [0, 0.1) is 19.8 Å². The fourth-order valence-corrected chi connectivity index (χ4v) is 2.97. The lowest BCUT2D eigenvalue weighted by molar-refractivity contribution is 0.143. The normalized spacial score (nSPS) is 18.9. The van der Waals surface area contributed by atoms with E-state index in [0.29, 0.717) is 5.92 Å². The summed E-state index contributed by atoms with van der Waals surface area (Å²) in [6, 6.07) is 0. The van der Waals surface area contributed by atoms with Crippen LogP contribution >= 0.6 is 0 Å². The summed E-state index contributed by atoms with van der Waals surface area (Å²) in [5, 5.41) is 3.42. The van der Waals surface area contributed by atoms with E-state index in [1.54, 1.807) is 7.11 Å². The van der Waals surface area contributed by atoms with E-state index < -0.39 is 0 Å². The second-order valence-electron chi connectivity index (χ2n) is 5.90.